The number of rotatable bonds is 4. The van der Waals surface area contributed by atoms with Crippen molar-refractivity contribution in [3.63, 3.8) is 0 Å². The van der Waals surface area contributed by atoms with Gasteiger partial charge in [-0.3, -0.25) is 0 Å². The van der Waals surface area contributed by atoms with E-state index in [1.54, 1.807) is 0 Å². The highest BCUT2D eigenvalue weighted by Crippen LogP contribution is 1.97. The summed E-state index contributed by atoms with van der Waals surface area (Å²) in [5, 5.41) is 25.4. The number of hydrogen-bond acceptors (Lipinski definition) is 4. The Balaban J connectivity index is 3.50. The van der Waals surface area contributed by atoms with Gasteiger partial charge in [-0.1, -0.05) is 0 Å². The molecule has 0 aromatic rings. The van der Waals surface area contributed by atoms with Crippen LogP contribution in [0.5, 0.6) is 0 Å². The standard InChI is InChI=1S/C5H13NO3/c6-5(3-9)4(1-7)2-8/h4-5,7-9H,1-3,6H2. The van der Waals surface area contributed by atoms with Crippen molar-refractivity contribution in [3.05, 3.63) is 0 Å². The Morgan fingerprint density at radius 3 is 1.56 bits per heavy atom. The van der Waals surface area contributed by atoms with Gasteiger partial charge in [0.05, 0.1) is 6.61 Å². The van der Waals surface area contributed by atoms with Crippen LogP contribution < -0.4 is 5.73 Å². The molecule has 0 aliphatic carbocycles. The summed E-state index contributed by atoms with van der Waals surface area (Å²) in [7, 11) is 0. The Kier molecular flexibility index (Phi) is 4.61. The summed E-state index contributed by atoms with van der Waals surface area (Å²) in [6, 6.07) is -0.514. The van der Waals surface area contributed by atoms with E-state index >= 15 is 0 Å². The summed E-state index contributed by atoms with van der Waals surface area (Å²) in [6.45, 7) is -0.567. The molecule has 0 heterocycles. The highest BCUT2D eigenvalue weighted by molar-refractivity contribution is 4.69. The number of nitrogens with two attached hydrogens (primary N) is 1. The second kappa shape index (κ2) is 4.69. The maximum atomic E-state index is 8.48. The van der Waals surface area contributed by atoms with Crippen LogP contribution in [0.25, 0.3) is 0 Å². The van der Waals surface area contributed by atoms with Crippen LogP contribution in [0.1, 0.15) is 0 Å². The zero-order chi connectivity index (χ0) is 7.28. The molecular formula is C5H13NO3. The zero-order valence-electron chi connectivity index (χ0n) is 5.20. The first kappa shape index (κ1) is 8.84. The number of hydrogen-bond donors (Lipinski definition) is 4. The lowest BCUT2D eigenvalue weighted by molar-refractivity contribution is 0.107. The minimum absolute atomic E-state index is 0.182. The van der Waals surface area contributed by atoms with Gasteiger partial charge < -0.3 is 21.1 Å². The first-order chi connectivity index (χ1) is 4.26. The quantitative estimate of drug-likeness (QED) is 0.356. The third kappa shape index (κ3) is 2.76. The van der Waals surface area contributed by atoms with E-state index in [-0.39, 0.29) is 19.8 Å². The Morgan fingerprint density at radius 2 is 1.44 bits per heavy atom. The van der Waals surface area contributed by atoms with E-state index in [2.05, 4.69) is 0 Å². The molecule has 0 fully saturated rings. The maximum Gasteiger partial charge on any atom is 0.0587 e. The maximum absolute atomic E-state index is 8.48. The third-order valence-electron chi connectivity index (χ3n) is 1.29. The molecule has 0 aromatic carbocycles. The predicted molar refractivity (Wildman–Crippen MR) is 32.7 cm³/mol. The molecule has 1 unspecified atom stereocenters. The van der Waals surface area contributed by atoms with Crippen LogP contribution >= 0.6 is 0 Å². The highest BCUT2D eigenvalue weighted by Gasteiger charge is 2.13. The van der Waals surface area contributed by atoms with E-state index < -0.39 is 12.0 Å². The van der Waals surface area contributed by atoms with Gasteiger partial charge in [0.15, 0.2) is 0 Å². The fraction of sp³-hybridized carbons (Fsp3) is 1.00. The molecule has 0 saturated carbocycles. The molecular weight excluding hydrogens is 122 g/mol. The SMILES string of the molecule is NC(CO)C(CO)CO. The van der Waals surface area contributed by atoms with Gasteiger partial charge in [0, 0.05) is 25.2 Å². The van der Waals surface area contributed by atoms with Crippen LogP contribution in [0.4, 0.5) is 0 Å². The highest BCUT2D eigenvalue weighted by atomic mass is 16.3. The fourth-order valence-electron chi connectivity index (χ4n) is 0.478. The summed E-state index contributed by atoms with van der Waals surface area (Å²) in [4.78, 5) is 0. The topological polar surface area (TPSA) is 86.7 Å². The van der Waals surface area contributed by atoms with Crippen molar-refractivity contribution in [2.45, 2.75) is 6.04 Å². The third-order valence-corrected chi connectivity index (χ3v) is 1.29. The van der Waals surface area contributed by atoms with Crippen LogP contribution in [0.2, 0.25) is 0 Å². The second-order valence-electron chi connectivity index (χ2n) is 1.97. The summed E-state index contributed by atoms with van der Waals surface area (Å²) in [5.41, 5.74) is 5.27. The minimum atomic E-state index is -0.514. The molecule has 0 radical (unpaired) electrons. The number of aliphatic hydroxyl groups is 3. The van der Waals surface area contributed by atoms with Crippen molar-refractivity contribution < 1.29 is 15.3 Å². The molecule has 0 rings (SSSR count). The van der Waals surface area contributed by atoms with Crippen molar-refractivity contribution in [2.24, 2.45) is 11.7 Å². The van der Waals surface area contributed by atoms with Gasteiger partial charge in [0.2, 0.25) is 0 Å². The molecule has 0 saturated heterocycles. The lowest BCUT2D eigenvalue weighted by Gasteiger charge is -2.16. The molecule has 0 aliphatic rings. The molecule has 9 heavy (non-hydrogen) atoms. The molecule has 1 atom stereocenters. The predicted octanol–water partition coefficient (Wildman–Crippen LogP) is -2.09. The summed E-state index contributed by atoms with van der Waals surface area (Å²) >= 11 is 0. The molecule has 0 bridgehead atoms. The molecule has 4 heteroatoms. The molecule has 0 aliphatic heterocycles. The van der Waals surface area contributed by atoms with E-state index in [1.165, 1.54) is 0 Å². The van der Waals surface area contributed by atoms with Gasteiger partial charge in [0.1, 0.15) is 0 Å². The lowest BCUT2D eigenvalue weighted by atomic mass is 10.0. The molecule has 56 valence electrons. The first-order valence-electron chi connectivity index (χ1n) is 2.84. The van der Waals surface area contributed by atoms with Crippen molar-refractivity contribution in [2.75, 3.05) is 19.8 Å². The summed E-state index contributed by atoms with van der Waals surface area (Å²) < 4.78 is 0. The lowest BCUT2D eigenvalue weighted by Crippen LogP contribution is -2.37. The van der Waals surface area contributed by atoms with Crippen molar-refractivity contribution in [1.82, 2.24) is 0 Å². The largest absolute Gasteiger partial charge is 0.396 e. The van der Waals surface area contributed by atoms with Crippen molar-refractivity contribution >= 4 is 0 Å². The fourth-order valence-corrected chi connectivity index (χ4v) is 0.478. The molecule has 5 N–H and O–H groups in total. The average molecular weight is 135 g/mol. The van der Waals surface area contributed by atoms with E-state index in [4.69, 9.17) is 21.1 Å². The average Bonchev–Trinajstić information content (AvgIpc) is 1.90. The van der Waals surface area contributed by atoms with Crippen molar-refractivity contribution in [3.8, 4) is 0 Å². The molecule has 4 nitrogen and oxygen atoms in total. The smallest absolute Gasteiger partial charge is 0.0587 e. The van der Waals surface area contributed by atoms with Crippen molar-refractivity contribution in [1.29, 1.82) is 0 Å². The van der Waals surface area contributed by atoms with Crippen LogP contribution in [0.15, 0.2) is 0 Å². The molecule has 0 aromatic heterocycles. The van der Waals surface area contributed by atoms with E-state index in [9.17, 15) is 0 Å². The molecule has 0 amide bonds. The Labute approximate surface area is 53.9 Å². The number of aliphatic hydroxyl groups excluding tert-OH is 3. The van der Waals surface area contributed by atoms with E-state index in [1.807, 2.05) is 0 Å². The van der Waals surface area contributed by atoms with E-state index in [0.717, 1.165) is 0 Å². The summed E-state index contributed by atoms with van der Waals surface area (Å²) in [6.07, 6.45) is 0. The Bertz CT molecular complexity index is 65.2. The Morgan fingerprint density at radius 1 is 1.00 bits per heavy atom. The monoisotopic (exact) mass is 135 g/mol. The van der Waals surface area contributed by atoms with Crippen LogP contribution in [-0.4, -0.2) is 41.2 Å². The van der Waals surface area contributed by atoms with Gasteiger partial charge >= 0.3 is 0 Å². The van der Waals surface area contributed by atoms with Gasteiger partial charge in [-0.25, -0.2) is 0 Å². The van der Waals surface area contributed by atoms with Crippen LogP contribution in [0.3, 0.4) is 0 Å². The van der Waals surface area contributed by atoms with Crippen LogP contribution in [-0.2, 0) is 0 Å². The van der Waals surface area contributed by atoms with Crippen LogP contribution in [0, 0.1) is 5.92 Å². The van der Waals surface area contributed by atoms with Gasteiger partial charge in [-0.2, -0.15) is 0 Å². The van der Waals surface area contributed by atoms with E-state index in [0.29, 0.717) is 0 Å². The normalized spacial score (nSPS) is 14.3. The Hall–Kier alpha value is -0.160. The van der Waals surface area contributed by atoms with Gasteiger partial charge in [-0.05, 0) is 0 Å². The van der Waals surface area contributed by atoms with Gasteiger partial charge in [0.25, 0.3) is 0 Å². The zero-order valence-corrected chi connectivity index (χ0v) is 5.20. The minimum Gasteiger partial charge on any atom is -0.396 e. The molecule has 0 spiro atoms. The first-order valence-corrected chi connectivity index (χ1v) is 2.84. The van der Waals surface area contributed by atoms with Gasteiger partial charge in [-0.15, -0.1) is 0 Å². The summed E-state index contributed by atoms with van der Waals surface area (Å²) in [5.74, 6) is -0.394. The second-order valence-corrected chi connectivity index (χ2v) is 1.97.